The summed E-state index contributed by atoms with van der Waals surface area (Å²) in [6, 6.07) is 5.44. The zero-order chi connectivity index (χ0) is 15.1. The van der Waals surface area contributed by atoms with Crippen LogP contribution in [0.2, 0.25) is 0 Å². The predicted octanol–water partition coefficient (Wildman–Crippen LogP) is 3.01. The summed E-state index contributed by atoms with van der Waals surface area (Å²) in [6.45, 7) is 5.77. The van der Waals surface area contributed by atoms with Crippen LogP contribution < -0.4 is 10.1 Å². The van der Waals surface area contributed by atoms with Crippen LogP contribution in [0.25, 0.3) is 0 Å². The standard InChI is InChI=1S/C15H22BrNO3/c1-4-5-10(2)17-15(19)11(3)20-14-7-6-12(9-18)8-13(14)16/h6-8,10-11,18H,4-5,9H2,1-3H3,(H,17,19). The Morgan fingerprint density at radius 2 is 2.15 bits per heavy atom. The Hall–Kier alpha value is -1.07. The van der Waals surface area contributed by atoms with Gasteiger partial charge in [-0.15, -0.1) is 0 Å². The summed E-state index contributed by atoms with van der Waals surface area (Å²) in [4.78, 5) is 12.0. The van der Waals surface area contributed by atoms with Crippen molar-refractivity contribution >= 4 is 21.8 Å². The molecule has 0 spiro atoms. The number of carbonyl (C=O) groups is 1. The van der Waals surface area contributed by atoms with E-state index in [-0.39, 0.29) is 18.6 Å². The number of nitrogens with one attached hydrogen (secondary N) is 1. The minimum Gasteiger partial charge on any atom is -0.480 e. The lowest BCUT2D eigenvalue weighted by molar-refractivity contribution is -0.127. The Morgan fingerprint density at radius 3 is 2.70 bits per heavy atom. The molecule has 5 heteroatoms. The smallest absolute Gasteiger partial charge is 0.260 e. The second kappa shape index (κ2) is 8.27. The molecule has 1 aromatic carbocycles. The highest BCUT2D eigenvalue weighted by molar-refractivity contribution is 9.10. The minimum absolute atomic E-state index is 0.0244. The van der Waals surface area contributed by atoms with Gasteiger partial charge in [0.1, 0.15) is 5.75 Å². The fourth-order valence-electron chi connectivity index (χ4n) is 1.85. The van der Waals surface area contributed by atoms with Gasteiger partial charge in [0.25, 0.3) is 5.91 Å². The highest BCUT2D eigenvalue weighted by atomic mass is 79.9. The van der Waals surface area contributed by atoms with Gasteiger partial charge in [0.05, 0.1) is 11.1 Å². The molecule has 0 fully saturated rings. The predicted molar refractivity (Wildman–Crippen MR) is 82.7 cm³/mol. The van der Waals surface area contributed by atoms with Gasteiger partial charge in [0.15, 0.2) is 6.10 Å². The van der Waals surface area contributed by atoms with Crippen LogP contribution in [0.1, 0.15) is 39.2 Å². The summed E-state index contributed by atoms with van der Waals surface area (Å²) in [6.07, 6.45) is 1.42. The maximum Gasteiger partial charge on any atom is 0.260 e. The van der Waals surface area contributed by atoms with Crippen molar-refractivity contribution in [2.75, 3.05) is 0 Å². The van der Waals surface area contributed by atoms with Crippen molar-refractivity contribution in [2.24, 2.45) is 0 Å². The fraction of sp³-hybridized carbons (Fsp3) is 0.533. The van der Waals surface area contributed by atoms with Crippen molar-refractivity contribution in [1.29, 1.82) is 0 Å². The molecule has 0 aliphatic carbocycles. The lowest BCUT2D eigenvalue weighted by atomic mass is 10.2. The first-order valence-corrected chi connectivity index (χ1v) is 7.63. The van der Waals surface area contributed by atoms with Crippen LogP contribution in [0.15, 0.2) is 22.7 Å². The van der Waals surface area contributed by atoms with Crippen LogP contribution in [0.5, 0.6) is 5.75 Å². The van der Waals surface area contributed by atoms with Crippen LogP contribution in [-0.2, 0) is 11.4 Å². The van der Waals surface area contributed by atoms with Crippen molar-refractivity contribution in [3.8, 4) is 5.75 Å². The average molecular weight is 344 g/mol. The van der Waals surface area contributed by atoms with Gasteiger partial charge >= 0.3 is 0 Å². The average Bonchev–Trinajstić information content (AvgIpc) is 2.41. The number of aliphatic hydroxyl groups excluding tert-OH is 1. The van der Waals surface area contributed by atoms with Gasteiger partial charge < -0.3 is 15.2 Å². The molecule has 1 rings (SSSR count). The zero-order valence-corrected chi connectivity index (χ0v) is 13.7. The number of hydrogen-bond acceptors (Lipinski definition) is 3. The van der Waals surface area contributed by atoms with E-state index in [9.17, 15) is 4.79 Å². The number of hydrogen-bond donors (Lipinski definition) is 2. The van der Waals surface area contributed by atoms with Crippen molar-refractivity contribution in [3.63, 3.8) is 0 Å². The lowest BCUT2D eigenvalue weighted by Gasteiger charge is -2.19. The maximum absolute atomic E-state index is 12.0. The third-order valence-electron chi connectivity index (χ3n) is 2.96. The molecular formula is C15H22BrNO3. The molecule has 0 aliphatic heterocycles. The van der Waals surface area contributed by atoms with Gasteiger partial charge in [0.2, 0.25) is 0 Å². The molecule has 4 nitrogen and oxygen atoms in total. The number of aliphatic hydroxyl groups is 1. The maximum atomic E-state index is 12.0. The number of benzene rings is 1. The Morgan fingerprint density at radius 1 is 1.45 bits per heavy atom. The first-order chi connectivity index (χ1) is 9.47. The minimum atomic E-state index is -0.564. The van der Waals surface area contributed by atoms with Gasteiger partial charge in [0, 0.05) is 6.04 Å². The van der Waals surface area contributed by atoms with E-state index in [1.54, 1.807) is 25.1 Å². The number of halogens is 1. The molecule has 0 saturated heterocycles. The van der Waals surface area contributed by atoms with Gasteiger partial charge in [-0.3, -0.25) is 4.79 Å². The molecule has 20 heavy (non-hydrogen) atoms. The number of carbonyl (C=O) groups excluding carboxylic acids is 1. The van der Waals surface area contributed by atoms with E-state index in [0.29, 0.717) is 5.75 Å². The Balaban J connectivity index is 2.61. The Kier molecular flexibility index (Phi) is 7.02. The molecule has 1 aromatic rings. The molecule has 0 radical (unpaired) electrons. The van der Waals surface area contributed by atoms with Gasteiger partial charge in [-0.05, 0) is 53.9 Å². The third-order valence-corrected chi connectivity index (χ3v) is 3.58. The number of amides is 1. The van der Waals surface area contributed by atoms with Crippen LogP contribution >= 0.6 is 15.9 Å². The number of ether oxygens (including phenoxy) is 1. The molecule has 0 saturated carbocycles. The molecule has 2 atom stereocenters. The fourth-order valence-corrected chi connectivity index (χ4v) is 2.37. The van der Waals surface area contributed by atoms with E-state index in [1.165, 1.54) is 0 Å². The summed E-state index contributed by atoms with van der Waals surface area (Å²) in [5, 5.41) is 12.0. The normalized spacial score (nSPS) is 13.7. The first kappa shape index (κ1) is 17.0. The molecule has 112 valence electrons. The van der Waals surface area contributed by atoms with Crippen molar-refractivity contribution in [1.82, 2.24) is 5.32 Å². The van der Waals surface area contributed by atoms with Crippen LogP contribution in [-0.4, -0.2) is 23.2 Å². The summed E-state index contributed by atoms with van der Waals surface area (Å²) >= 11 is 3.37. The van der Waals surface area contributed by atoms with Crippen molar-refractivity contribution in [2.45, 2.75) is 52.4 Å². The topological polar surface area (TPSA) is 58.6 Å². The van der Waals surface area contributed by atoms with E-state index >= 15 is 0 Å². The molecule has 2 unspecified atom stereocenters. The molecule has 2 N–H and O–H groups in total. The SMILES string of the molecule is CCCC(C)NC(=O)C(C)Oc1ccc(CO)cc1Br. The molecule has 0 bridgehead atoms. The second-order valence-electron chi connectivity index (χ2n) is 4.88. The lowest BCUT2D eigenvalue weighted by Crippen LogP contribution is -2.41. The summed E-state index contributed by atoms with van der Waals surface area (Å²) in [5.41, 5.74) is 0.790. The highest BCUT2D eigenvalue weighted by Gasteiger charge is 2.17. The molecule has 0 aromatic heterocycles. The molecule has 1 amide bonds. The Labute approximate surface area is 128 Å². The summed E-state index contributed by atoms with van der Waals surface area (Å²) in [7, 11) is 0. The molecular weight excluding hydrogens is 322 g/mol. The number of rotatable bonds is 7. The summed E-state index contributed by atoms with van der Waals surface area (Å²) in [5.74, 6) is 0.470. The monoisotopic (exact) mass is 343 g/mol. The van der Waals surface area contributed by atoms with Crippen molar-refractivity contribution in [3.05, 3.63) is 28.2 Å². The van der Waals surface area contributed by atoms with Crippen LogP contribution in [0.3, 0.4) is 0 Å². The quantitative estimate of drug-likeness (QED) is 0.799. The van der Waals surface area contributed by atoms with E-state index in [0.717, 1.165) is 22.9 Å². The summed E-state index contributed by atoms with van der Waals surface area (Å²) < 4.78 is 6.37. The van der Waals surface area contributed by atoms with Gasteiger partial charge in [-0.2, -0.15) is 0 Å². The van der Waals surface area contributed by atoms with Crippen molar-refractivity contribution < 1.29 is 14.6 Å². The van der Waals surface area contributed by atoms with Gasteiger partial charge in [-0.1, -0.05) is 19.4 Å². The molecule has 0 heterocycles. The van der Waals surface area contributed by atoms with Crippen LogP contribution in [0, 0.1) is 0 Å². The zero-order valence-electron chi connectivity index (χ0n) is 12.1. The third kappa shape index (κ3) is 5.13. The van der Waals surface area contributed by atoms with E-state index in [1.807, 2.05) is 6.92 Å². The second-order valence-corrected chi connectivity index (χ2v) is 5.74. The van der Waals surface area contributed by atoms with Gasteiger partial charge in [-0.25, -0.2) is 0 Å². The first-order valence-electron chi connectivity index (χ1n) is 6.84. The Bertz CT molecular complexity index is 451. The van der Waals surface area contributed by atoms with Crippen LogP contribution in [0.4, 0.5) is 0 Å². The molecule has 0 aliphatic rings. The largest absolute Gasteiger partial charge is 0.480 e. The van der Waals surface area contributed by atoms with E-state index in [2.05, 4.69) is 28.2 Å². The van der Waals surface area contributed by atoms with E-state index in [4.69, 9.17) is 9.84 Å². The van der Waals surface area contributed by atoms with E-state index < -0.39 is 6.10 Å². The highest BCUT2D eigenvalue weighted by Crippen LogP contribution is 2.27.